The molecule has 3 rings (SSSR count). The average Bonchev–Trinajstić information content (AvgIpc) is 3.15. The zero-order valence-corrected chi connectivity index (χ0v) is 15.4. The molecule has 0 aromatic carbocycles. The fourth-order valence-corrected chi connectivity index (χ4v) is 3.68. The lowest BCUT2D eigenvalue weighted by atomic mass is 9.98. The van der Waals surface area contributed by atoms with Gasteiger partial charge in [0.25, 0.3) is 0 Å². The molecule has 0 spiro atoms. The van der Waals surface area contributed by atoms with E-state index in [2.05, 4.69) is 26.8 Å². The van der Waals surface area contributed by atoms with Crippen LogP contribution in [0.15, 0.2) is 48.1 Å². The van der Waals surface area contributed by atoms with Crippen LogP contribution in [0.1, 0.15) is 35.7 Å². The Morgan fingerprint density at radius 3 is 3.04 bits per heavy atom. The summed E-state index contributed by atoms with van der Waals surface area (Å²) in [6, 6.07) is 8.13. The lowest BCUT2D eigenvalue weighted by Crippen LogP contribution is -2.51. The number of carbonyl (C=O) groups is 1. The number of pyridine rings is 1. The standard InChI is InChI=1S/C18H20N4OS2/c23-17(9-8-15-6-4-12-25-15)20-18(24)21-22-11-2-1-7-16(22)14-5-3-10-19-13-14/h3-6,8-10,12-13,16H,1-2,7,11H2,(H2,20,21,23,24)/b9-8+. The molecular formula is C18H20N4OS2. The number of hydrogen-bond donors (Lipinski definition) is 2. The Balaban J connectivity index is 1.56. The summed E-state index contributed by atoms with van der Waals surface area (Å²) in [4.78, 5) is 17.2. The van der Waals surface area contributed by atoms with E-state index in [-0.39, 0.29) is 11.9 Å². The molecule has 1 aliphatic heterocycles. The van der Waals surface area contributed by atoms with Crippen LogP contribution < -0.4 is 10.7 Å². The maximum atomic E-state index is 12.0. The van der Waals surface area contributed by atoms with Crippen LogP contribution in [0.2, 0.25) is 0 Å². The van der Waals surface area contributed by atoms with Gasteiger partial charge in [-0.2, -0.15) is 0 Å². The summed E-state index contributed by atoms with van der Waals surface area (Å²) in [5.41, 5.74) is 4.32. The van der Waals surface area contributed by atoms with E-state index in [1.807, 2.05) is 29.8 Å². The third-order valence-electron chi connectivity index (χ3n) is 4.00. The van der Waals surface area contributed by atoms with Gasteiger partial charge in [-0.15, -0.1) is 11.3 Å². The number of hydrazine groups is 1. The Morgan fingerprint density at radius 1 is 1.36 bits per heavy atom. The number of nitrogens with zero attached hydrogens (tertiary/aromatic N) is 2. The summed E-state index contributed by atoms with van der Waals surface area (Å²) in [6.07, 6.45) is 10.2. The van der Waals surface area contributed by atoms with Crippen molar-refractivity contribution in [1.29, 1.82) is 0 Å². The quantitative estimate of drug-likeness (QED) is 0.637. The number of hydrogen-bond acceptors (Lipinski definition) is 5. The van der Waals surface area contributed by atoms with E-state index in [1.54, 1.807) is 23.6 Å². The monoisotopic (exact) mass is 372 g/mol. The zero-order chi connectivity index (χ0) is 17.5. The molecule has 2 aromatic heterocycles. The smallest absolute Gasteiger partial charge is 0.250 e. The molecule has 2 aromatic rings. The Kier molecular flexibility index (Phi) is 6.27. The fourth-order valence-electron chi connectivity index (χ4n) is 2.84. The first-order valence-electron chi connectivity index (χ1n) is 8.22. The van der Waals surface area contributed by atoms with Crippen LogP contribution in [0.5, 0.6) is 0 Å². The maximum Gasteiger partial charge on any atom is 0.250 e. The summed E-state index contributed by atoms with van der Waals surface area (Å²) in [7, 11) is 0. The molecule has 130 valence electrons. The van der Waals surface area contributed by atoms with Gasteiger partial charge < -0.3 is 0 Å². The lowest BCUT2D eigenvalue weighted by Gasteiger charge is -2.36. The summed E-state index contributed by atoms with van der Waals surface area (Å²) in [6.45, 7) is 0.876. The number of rotatable bonds is 4. The van der Waals surface area contributed by atoms with E-state index in [9.17, 15) is 4.79 Å². The molecule has 1 aliphatic rings. The highest BCUT2D eigenvalue weighted by Crippen LogP contribution is 2.28. The maximum absolute atomic E-state index is 12.0. The Labute approximate surface area is 156 Å². The van der Waals surface area contributed by atoms with Crippen LogP contribution in [-0.2, 0) is 4.79 Å². The highest BCUT2D eigenvalue weighted by Gasteiger charge is 2.24. The second kappa shape index (κ2) is 8.84. The van der Waals surface area contributed by atoms with Gasteiger partial charge in [0.1, 0.15) is 0 Å². The molecule has 0 aliphatic carbocycles. The van der Waals surface area contributed by atoms with Crippen molar-refractivity contribution >= 4 is 40.7 Å². The van der Waals surface area contributed by atoms with E-state index < -0.39 is 0 Å². The van der Waals surface area contributed by atoms with Crippen molar-refractivity contribution in [3.8, 4) is 0 Å². The molecule has 7 heteroatoms. The third kappa shape index (κ3) is 5.19. The molecule has 5 nitrogen and oxygen atoms in total. The number of amides is 1. The highest BCUT2D eigenvalue weighted by atomic mass is 32.1. The van der Waals surface area contributed by atoms with E-state index in [1.165, 1.54) is 12.5 Å². The minimum Gasteiger partial charge on any atom is -0.298 e. The van der Waals surface area contributed by atoms with Gasteiger partial charge in [0.05, 0.1) is 6.04 Å². The summed E-state index contributed by atoms with van der Waals surface area (Å²) < 4.78 is 0. The highest BCUT2D eigenvalue weighted by molar-refractivity contribution is 7.80. The van der Waals surface area contributed by atoms with Gasteiger partial charge in [-0.25, -0.2) is 5.01 Å². The van der Waals surface area contributed by atoms with Gasteiger partial charge in [0.2, 0.25) is 5.91 Å². The average molecular weight is 373 g/mol. The van der Waals surface area contributed by atoms with Crippen molar-refractivity contribution in [3.63, 3.8) is 0 Å². The van der Waals surface area contributed by atoms with E-state index in [0.717, 1.165) is 29.8 Å². The van der Waals surface area contributed by atoms with E-state index in [4.69, 9.17) is 12.2 Å². The van der Waals surface area contributed by atoms with Gasteiger partial charge >= 0.3 is 0 Å². The number of thiocarbonyl (C=S) groups is 1. The van der Waals surface area contributed by atoms with Gasteiger partial charge in [0.15, 0.2) is 5.11 Å². The molecule has 0 saturated carbocycles. The molecule has 1 unspecified atom stereocenters. The SMILES string of the molecule is O=C(/C=C/c1cccs1)NC(=S)NN1CCCCC1c1cccnc1. The Morgan fingerprint density at radius 2 is 2.28 bits per heavy atom. The number of piperidine rings is 1. The molecule has 0 bridgehead atoms. The molecule has 3 heterocycles. The molecule has 1 fully saturated rings. The predicted octanol–water partition coefficient (Wildman–Crippen LogP) is 3.29. The van der Waals surface area contributed by atoms with Gasteiger partial charge in [-0.05, 0) is 54.2 Å². The predicted molar refractivity (Wildman–Crippen MR) is 105 cm³/mol. The minimum atomic E-state index is -0.235. The normalized spacial score (nSPS) is 18.2. The molecule has 2 N–H and O–H groups in total. The fraction of sp³-hybridized carbons (Fsp3) is 0.278. The van der Waals surface area contributed by atoms with Crippen LogP contribution in [0, 0.1) is 0 Å². The number of thiophene rings is 1. The molecule has 1 atom stereocenters. The first-order chi connectivity index (χ1) is 12.2. The second-order valence-corrected chi connectivity index (χ2v) is 7.16. The molecule has 25 heavy (non-hydrogen) atoms. The lowest BCUT2D eigenvalue weighted by molar-refractivity contribution is -0.115. The first kappa shape index (κ1) is 17.7. The van der Waals surface area contributed by atoms with Crippen LogP contribution in [-0.4, -0.2) is 27.6 Å². The van der Waals surface area contributed by atoms with Crippen LogP contribution in [0.4, 0.5) is 0 Å². The summed E-state index contributed by atoms with van der Waals surface area (Å²) in [5.74, 6) is -0.235. The largest absolute Gasteiger partial charge is 0.298 e. The van der Waals surface area contributed by atoms with Crippen LogP contribution >= 0.6 is 23.6 Å². The van der Waals surface area contributed by atoms with Crippen LogP contribution in [0.3, 0.4) is 0 Å². The van der Waals surface area contributed by atoms with Crippen molar-refractivity contribution in [2.75, 3.05) is 6.54 Å². The van der Waals surface area contributed by atoms with Crippen molar-refractivity contribution in [3.05, 3.63) is 58.6 Å². The number of carbonyl (C=O) groups excluding carboxylic acids is 1. The molecular weight excluding hydrogens is 352 g/mol. The van der Waals surface area contributed by atoms with Gasteiger partial charge in [-0.1, -0.05) is 18.6 Å². The van der Waals surface area contributed by atoms with Gasteiger partial charge in [-0.3, -0.25) is 20.5 Å². The van der Waals surface area contributed by atoms with Crippen molar-refractivity contribution in [2.24, 2.45) is 0 Å². The zero-order valence-electron chi connectivity index (χ0n) is 13.7. The molecule has 0 radical (unpaired) electrons. The number of aromatic nitrogens is 1. The summed E-state index contributed by atoms with van der Waals surface area (Å²) in [5, 5.41) is 7.08. The molecule has 1 amide bonds. The first-order valence-corrected chi connectivity index (χ1v) is 9.51. The third-order valence-corrected chi connectivity index (χ3v) is 5.03. The van der Waals surface area contributed by atoms with E-state index >= 15 is 0 Å². The second-order valence-electron chi connectivity index (χ2n) is 5.77. The summed E-state index contributed by atoms with van der Waals surface area (Å²) >= 11 is 6.88. The van der Waals surface area contributed by atoms with Crippen molar-refractivity contribution in [1.82, 2.24) is 20.7 Å². The Bertz CT molecular complexity index is 731. The number of nitrogens with one attached hydrogen (secondary N) is 2. The topological polar surface area (TPSA) is 57.3 Å². The van der Waals surface area contributed by atoms with Crippen LogP contribution in [0.25, 0.3) is 6.08 Å². The minimum absolute atomic E-state index is 0.207. The van der Waals surface area contributed by atoms with Crippen molar-refractivity contribution < 1.29 is 4.79 Å². The van der Waals surface area contributed by atoms with Gasteiger partial charge in [0, 0.05) is 29.9 Å². The Hall–Kier alpha value is -2.09. The molecule has 1 saturated heterocycles. The van der Waals surface area contributed by atoms with E-state index in [0.29, 0.717) is 5.11 Å². The van der Waals surface area contributed by atoms with Crippen molar-refractivity contribution in [2.45, 2.75) is 25.3 Å².